The van der Waals surface area contributed by atoms with Gasteiger partial charge in [0.1, 0.15) is 0 Å². The zero-order valence-electron chi connectivity index (χ0n) is 14.3. The number of benzene rings is 1. The van der Waals surface area contributed by atoms with E-state index in [4.69, 9.17) is 14.2 Å². The molecule has 0 aliphatic carbocycles. The summed E-state index contributed by atoms with van der Waals surface area (Å²) in [5.41, 5.74) is 2.61. The maximum absolute atomic E-state index is 12.3. The summed E-state index contributed by atoms with van der Waals surface area (Å²) in [7, 11) is 3.22. The molecule has 0 unspecified atom stereocenters. The molecule has 0 saturated heterocycles. The van der Waals surface area contributed by atoms with Gasteiger partial charge in [-0.2, -0.15) is 4.98 Å². The van der Waals surface area contributed by atoms with E-state index in [-0.39, 0.29) is 5.69 Å². The van der Waals surface area contributed by atoms with Crippen LogP contribution in [0.5, 0.6) is 17.4 Å². The van der Waals surface area contributed by atoms with Crippen molar-refractivity contribution in [2.45, 2.75) is 32.7 Å². The first-order chi connectivity index (χ1) is 11.7. The summed E-state index contributed by atoms with van der Waals surface area (Å²) in [6.45, 7) is 3.25. The molecule has 0 bridgehead atoms. The van der Waals surface area contributed by atoms with Crippen molar-refractivity contribution < 1.29 is 14.2 Å². The lowest BCUT2D eigenvalue weighted by Gasteiger charge is -2.23. The fourth-order valence-electron chi connectivity index (χ4n) is 2.92. The molecule has 24 heavy (non-hydrogen) atoms. The average Bonchev–Trinajstić information content (AvgIpc) is 2.60. The summed E-state index contributed by atoms with van der Waals surface area (Å²) in [6, 6.07) is 5.72. The molecule has 6 heteroatoms. The van der Waals surface area contributed by atoms with Crippen LogP contribution in [-0.2, 0) is 13.0 Å². The van der Waals surface area contributed by atoms with Crippen LogP contribution >= 0.6 is 0 Å². The third-order valence-electron chi connectivity index (χ3n) is 4.23. The lowest BCUT2D eigenvalue weighted by atomic mass is 9.97. The molecule has 2 heterocycles. The molecule has 0 N–H and O–H groups in total. The van der Waals surface area contributed by atoms with Crippen LogP contribution in [-0.4, -0.2) is 30.4 Å². The molecule has 2 aromatic rings. The van der Waals surface area contributed by atoms with Crippen LogP contribution in [0, 0.1) is 0 Å². The Morgan fingerprint density at radius 1 is 1.17 bits per heavy atom. The van der Waals surface area contributed by atoms with Gasteiger partial charge in [0.15, 0.2) is 11.5 Å². The highest BCUT2D eigenvalue weighted by molar-refractivity contribution is 5.70. The number of unbranched alkanes of at least 4 members (excludes halogenated alkanes) is 1. The van der Waals surface area contributed by atoms with Crippen LogP contribution in [0.4, 0.5) is 0 Å². The van der Waals surface area contributed by atoms with Crippen molar-refractivity contribution in [1.29, 1.82) is 0 Å². The molecule has 128 valence electrons. The molecule has 0 radical (unpaired) electrons. The number of rotatable bonds is 6. The highest BCUT2D eigenvalue weighted by atomic mass is 16.5. The van der Waals surface area contributed by atoms with Gasteiger partial charge in [-0.3, -0.25) is 4.57 Å². The minimum Gasteiger partial charge on any atom is -0.493 e. The SMILES string of the molecule is CCCCOc1cc2n(c(=O)n1)CCc1cc(OC)c(OC)cc1-2. The van der Waals surface area contributed by atoms with E-state index in [2.05, 4.69) is 11.9 Å². The Morgan fingerprint density at radius 2 is 1.92 bits per heavy atom. The highest BCUT2D eigenvalue weighted by Crippen LogP contribution is 2.38. The second kappa shape index (κ2) is 6.95. The van der Waals surface area contributed by atoms with Gasteiger partial charge in [-0.05, 0) is 30.5 Å². The molecular formula is C18H22N2O4. The summed E-state index contributed by atoms with van der Waals surface area (Å²) in [5.74, 6) is 1.71. The van der Waals surface area contributed by atoms with E-state index in [0.29, 0.717) is 30.5 Å². The second-order valence-electron chi connectivity index (χ2n) is 5.73. The van der Waals surface area contributed by atoms with Crippen LogP contribution in [0.2, 0.25) is 0 Å². The predicted molar refractivity (Wildman–Crippen MR) is 91.1 cm³/mol. The quantitative estimate of drug-likeness (QED) is 0.762. The summed E-state index contributed by atoms with van der Waals surface area (Å²) >= 11 is 0. The van der Waals surface area contributed by atoms with Gasteiger partial charge < -0.3 is 14.2 Å². The third kappa shape index (κ3) is 2.96. The lowest BCUT2D eigenvalue weighted by molar-refractivity contribution is 0.295. The standard InChI is InChI=1S/C18H22N2O4/c1-4-5-8-24-17-11-14-13-10-16(23-3)15(22-2)9-12(13)6-7-20(14)18(21)19-17/h9-11H,4-8H2,1-3H3. The van der Waals surface area contributed by atoms with E-state index in [1.54, 1.807) is 18.8 Å². The molecular weight excluding hydrogens is 308 g/mol. The van der Waals surface area contributed by atoms with Crippen LogP contribution < -0.4 is 19.9 Å². The fraction of sp³-hybridized carbons (Fsp3) is 0.444. The molecule has 1 aromatic heterocycles. The Bertz CT molecular complexity index is 798. The topological polar surface area (TPSA) is 62.6 Å². The molecule has 1 aliphatic heterocycles. The number of nitrogens with zero attached hydrogens (tertiary/aromatic N) is 2. The Balaban J connectivity index is 2.07. The molecule has 1 aromatic carbocycles. The van der Waals surface area contributed by atoms with Crippen LogP contribution in [0.25, 0.3) is 11.3 Å². The molecule has 1 aliphatic rings. The number of methoxy groups -OCH3 is 2. The van der Waals surface area contributed by atoms with Gasteiger partial charge in [-0.15, -0.1) is 0 Å². The summed E-state index contributed by atoms with van der Waals surface area (Å²) in [6.07, 6.45) is 2.71. The molecule has 0 fully saturated rings. The highest BCUT2D eigenvalue weighted by Gasteiger charge is 2.21. The van der Waals surface area contributed by atoms with Crippen molar-refractivity contribution in [2.75, 3.05) is 20.8 Å². The van der Waals surface area contributed by atoms with Crippen LogP contribution in [0.3, 0.4) is 0 Å². The van der Waals surface area contributed by atoms with Gasteiger partial charge in [0, 0.05) is 18.2 Å². The van der Waals surface area contributed by atoms with Crippen molar-refractivity contribution in [2.24, 2.45) is 0 Å². The number of hydrogen-bond donors (Lipinski definition) is 0. The second-order valence-corrected chi connectivity index (χ2v) is 5.73. The van der Waals surface area contributed by atoms with Crippen molar-refractivity contribution in [3.63, 3.8) is 0 Å². The summed E-state index contributed by atoms with van der Waals surface area (Å²) in [5, 5.41) is 0. The molecule has 0 spiro atoms. The monoisotopic (exact) mass is 330 g/mol. The number of hydrogen-bond acceptors (Lipinski definition) is 5. The predicted octanol–water partition coefficient (Wildman–Crippen LogP) is 2.66. The minimum absolute atomic E-state index is 0.278. The largest absolute Gasteiger partial charge is 0.493 e. The molecule has 0 atom stereocenters. The normalized spacial score (nSPS) is 12.3. The van der Waals surface area contributed by atoms with Crippen molar-refractivity contribution >= 4 is 0 Å². The number of aromatic nitrogens is 2. The molecule has 0 saturated carbocycles. The fourth-order valence-corrected chi connectivity index (χ4v) is 2.92. The Kier molecular flexibility index (Phi) is 4.74. The maximum atomic E-state index is 12.3. The van der Waals surface area contributed by atoms with Crippen molar-refractivity contribution in [1.82, 2.24) is 9.55 Å². The Morgan fingerprint density at radius 3 is 2.62 bits per heavy atom. The number of ether oxygens (including phenoxy) is 3. The lowest BCUT2D eigenvalue weighted by Crippen LogP contribution is -2.28. The van der Waals surface area contributed by atoms with Crippen LogP contribution in [0.1, 0.15) is 25.3 Å². The first-order valence-corrected chi connectivity index (χ1v) is 8.18. The van der Waals surface area contributed by atoms with Gasteiger partial charge in [0.25, 0.3) is 0 Å². The third-order valence-corrected chi connectivity index (χ3v) is 4.23. The summed E-state index contributed by atoms with van der Waals surface area (Å²) < 4.78 is 18.1. The van der Waals surface area contributed by atoms with E-state index in [1.807, 2.05) is 18.2 Å². The molecule has 6 nitrogen and oxygen atoms in total. The average molecular weight is 330 g/mol. The van der Waals surface area contributed by atoms with Gasteiger partial charge in [-0.25, -0.2) is 4.79 Å². The summed E-state index contributed by atoms with van der Waals surface area (Å²) in [4.78, 5) is 16.4. The van der Waals surface area contributed by atoms with E-state index in [1.165, 1.54) is 0 Å². The Hall–Kier alpha value is -2.50. The van der Waals surface area contributed by atoms with E-state index >= 15 is 0 Å². The van der Waals surface area contributed by atoms with Gasteiger partial charge in [0.2, 0.25) is 5.88 Å². The molecule has 0 amide bonds. The van der Waals surface area contributed by atoms with E-state index in [9.17, 15) is 4.79 Å². The maximum Gasteiger partial charge on any atom is 0.351 e. The van der Waals surface area contributed by atoms with E-state index in [0.717, 1.165) is 36.1 Å². The first kappa shape index (κ1) is 16.4. The van der Waals surface area contributed by atoms with Crippen LogP contribution in [0.15, 0.2) is 23.0 Å². The number of aryl methyl sites for hydroxylation is 1. The smallest absolute Gasteiger partial charge is 0.351 e. The first-order valence-electron chi connectivity index (χ1n) is 8.18. The van der Waals surface area contributed by atoms with Gasteiger partial charge in [0.05, 0.1) is 26.5 Å². The van der Waals surface area contributed by atoms with Crippen molar-refractivity contribution in [3.8, 4) is 28.6 Å². The van der Waals surface area contributed by atoms with Crippen molar-refractivity contribution in [3.05, 3.63) is 34.2 Å². The minimum atomic E-state index is -0.278. The Labute approximate surface area is 141 Å². The zero-order valence-corrected chi connectivity index (χ0v) is 14.3. The van der Waals surface area contributed by atoms with E-state index < -0.39 is 0 Å². The molecule has 3 rings (SSSR count). The zero-order chi connectivity index (χ0) is 17.1. The van der Waals surface area contributed by atoms with Gasteiger partial charge in [-0.1, -0.05) is 13.3 Å². The van der Waals surface area contributed by atoms with Gasteiger partial charge >= 0.3 is 5.69 Å². The number of fused-ring (bicyclic) bond motifs is 3.